The van der Waals surface area contributed by atoms with Crippen LogP contribution >= 0.6 is 35.4 Å². The van der Waals surface area contributed by atoms with Crippen LogP contribution in [0.1, 0.15) is 0 Å². The summed E-state index contributed by atoms with van der Waals surface area (Å²) in [6, 6.07) is 8.16. The van der Waals surface area contributed by atoms with Crippen LogP contribution in [0.5, 0.6) is 0 Å². The molecule has 5 nitrogen and oxygen atoms in total. The number of nitro groups is 1. The zero-order valence-electron chi connectivity index (χ0n) is 10.8. The quantitative estimate of drug-likeness (QED) is 0.465. The van der Waals surface area contributed by atoms with Crippen LogP contribution in [-0.4, -0.2) is 10.0 Å². The lowest BCUT2D eigenvalue weighted by molar-refractivity contribution is -0.387. The molecule has 0 aromatic heterocycles. The summed E-state index contributed by atoms with van der Waals surface area (Å²) in [6.07, 6.45) is 0. The van der Waals surface area contributed by atoms with E-state index in [1.54, 1.807) is 12.1 Å². The van der Waals surface area contributed by atoms with E-state index in [9.17, 15) is 14.5 Å². The summed E-state index contributed by atoms with van der Waals surface area (Å²) >= 11 is 16.9. The smallest absolute Gasteiger partial charge is 0.306 e. The lowest BCUT2D eigenvalue weighted by atomic mass is 10.2. The molecule has 0 fully saturated rings. The maximum atomic E-state index is 13.2. The summed E-state index contributed by atoms with van der Waals surface area (Å²) < 4.78 is 13.2. The molecule has 0 saturated heterocycles. The zero-order valence-corrected chi connectivity index (χ0v) is 13.1. The van der Waals surface area contributed by atoms with Gasteiger partial charge in [-0.15, -0.1) is 0 Å². The van der Waals surface area contributed by atoms with E-state index in [1.807, 2.05) is 0 Å². The minimum Gasteiger partial charge on any atom is -0.332 e. The molecule has 0 unspecified atom stereocenters. The van der Waals surface area contributed by atoms with E-state index in [2.05, 4.69) is 10.6 Å². The van der Waals surface area contributed by atoms with Gasteiger partial charge in [0.25, 0.3) is 0 Å². The summed E-state index contributed by atoms with van der Waals surface area (Å²) in [5.74, 6) is -0.921. The number of rotatable bonds is 3. The third-order valence-corrected chi connectivity index (χ3v) is 3.33. The van der Waals surface area contributed by atoms with Gasteiger partial charge in [-0.3, -0.25) is 10.1 Å². The van der Waals surface area contributed by atoms with Crippen molar-refractivity contribution >= 4 is 57.6 Å². The molecule has 0 aliphatic carbocycles. The van der Waals surface area contributed by atoms with Gasteiger partial charge in [0.1, 0.15) is 0 Å². The number of nitrogens with zero attached hydrogens (tertiary/aromatic N) is 1. The standard InChI is InChI=1S/C13H8Cl2FN3O2S/c14-7-1-4-11(9(15)5-7)18-13(22)17-8-2-3-10(16)12(6-8)19(20)21/h1-6H,(H2,17,18,22). The zero-order chi connectivity index (χ0) is 16.3. The molecule has 0 aliphatic heterocycles. The van der Waals surface area contributed by atoms with E-state index in [0.717, 1.165) is 12.1 Å². The van der Waals surface area contributed by atoms with Crippen LogP contribution in [-0.2, 0) is 0 Å². The molecule has 2 aromatic rings. The molecule has 0 amide bonds. The van der Waals surface area contributed by atoms with Crippen molar-refractivity contribution in [3.05, 3.63) is 62.4 Å². The summed E-state index contributed by atoms with van der Waals surface area (Å²) in [5.41, 5.74) is 0.146. The van der Waals surface area contributed by atoms with Gasteiger partial charge in [0.05, 0.1) is 15.6 Å². The Balaban J connectivity index is 2.12. The topological polar surface area (TPSA) is 67.2 Å². The molecule has 9 heteroatoms. The van der Waals surface area contributed by atoms with Crippen LogP contribution < -0.4 is 10.6 Å². The second-order valence-corrected chi connectivity index (χ2v) is 5.38. The van der Waals surface area contributed by atoms with Crippen molar-refractivity contribution in [2.45, 2.75) is 0 Å². The molecule has 22 heavy (non-hydrogen) atoms. The molecule has 2 aromatic carbocycles. The van der Waals surface area contributed by atoms with Gasteiger partial charge < -0.3 is 10.6 Å². The van der Waals surface area contributed by atoms with Gasteiger partial charge in [0, 0.05) is 16.8 Å². The summed E-state index contributed by atoms with van der Waals surface area (Å²) in [6.45, 7) is 0. The van der Waals surface area contributed by atoms with Crippen LogP contribution in [0.2, 0.25) is 10.0 Å². The molecular formula is C13H8Cl2FN3O2S. The van der Waals surface area contributed by atoms with Crippen LogP contribution in [0.3, 0.4) is 0 Å². The van der Waals surface area contributed by atoms with E-state index < -0.39 is 16.4 Å². The van der Waals surface area contributed by atoms with Crippen LogP contribution in [0, 0.1) is 15.9 Å². The van der Waals surface area contributed by atoms with E-state index in [4.69, 9.17) is 35.4 Å². The van der Waals surface area contributed by atoms with Gasteiger partial charge in [0.15, 0.2) is 5.11 Å². The molecule has 2 rings (SSSR count). The largest absolute Gasteiger partial charge is 0.332 e. The van der Waals surface area contributed by atoms with Gasteiger partial charge in [-0.25, -0.2) is 0 Å². The van der Waals surface area contributed by atoms with Crippen molar-refractivity contribution < 1.29 is 9.31 Å². The highest BCUT2D eigenvalue weighted by molar-refractivity contribution is 7.80. The highest BCUT2D eigenvalue weighted by Crippen LogP contribution is 2.26. The second kappa shape index (κ2) is 6.87. The van der Waals surface area contributed by atoms with Gasteiger partial charge in [-0.2, -0.15) is 4.39 Å². The van der Waals surface area contributed by atoms with Crippen molar-refractivity contribution in [1.29, 1.82) is 0 Å². The molecule has 0 atom stereocenters. The Hall–Kier alpha value is -1.96. The lowest BCUT2D eigenvalue weighted by Gasteiger charge is -2.12. The Morgan fingerprint density at radius 3 is 2.55 bits per heavy atom. The fraction of sp³-hybridized carbons (Fsp3) is 0. The first kappa shape index (κ1) is 16.4. The molecule has 0 heterocycles. The number of halogens is 3. The predicted octanol–water partition coefficient (Wildman–Crippen LogP) is 4.85. The first-order valence-corrected chi connectivity index (χ1v) is 7.00. The highest BCUT2D eigenvalue weighted by Gasteiger charge is 2.14. The number of hydrogen-bond acceptors (Lipinski definition) is 3. The number of hydrogen-bond donors (Lipinski definition) is 2. The number of benzene rings is 2. The molecule has 0 saturated carbocycles. The molecule has 0 radical (unpaired) electrons. The van der Waals surface area contributed by atoms with Gasteiger partial charge >= 0.3 is 5.69 Å². The van der Waals surface area contributed by atoms with E-state index in [-0.39, 0.29) is 10.8 Å². The average Bonchev–Trinajstić information content (AvgIpc) is 2.44. The van der Waals surface area contributed by atoms with E-state index in [1.165, 1.54) is 12.1 Å². The van der Waals surface area contributed by atoms with Gasteiger partial charge in [0.2, 0.25) is 5.82 Å². The second-order valence-electron chi connectivity index (χ2n) is 4.13. The molecule has 0 spiro atoms. The van der Waals surface area contributed by atoms with Crippen molar-refractivity contribution in [2.75, 3.05) is 10.6 Å². The molecule has 2 N–H and O–H groups in total. The SMILES string of the molecule is O=[N+]([O-])c1cc(NC(=S)Nc2ccc(Cl)cc2Cl)ccc1F. The van der Waals surface area contributed by atoms with Crippen molar-refractivity contribution in [3.8, 4) is 0 Å². The third-order valence-electron chi connectivity index (χ3n) is 2.58. The van der Waals surface area contributed by atoms with Gasteiger partial charge in [-0.05, 0) is 42.5 Å². The third kappa shape index (κ3) is 4.03. The van der Waals surface area contributed by atoms with Crippen LogP contribution in [0.25, 0.3) is 0 Å². The van der Waals surface area contributed by atoms with Crippen LogP contribution in [0.15, 0.2) is 36.4 Å². The monoisotopic (exact) mass is 359 g/mol. The molecule has 114 valence electrons. The van der Waals surface area contributed by atoms with Crippen molar-refractivity contribution in [1.82, 2.24) is 0 Å². The first-order valence-electron chi connectivity index (χ1n) is 5.84. The minimum atomic E-state index is -0.921. The Kier molecular flexibility index (Phi) is 5.12. The summed E-state index contributed by atoms with van der Waals surface area (Å²) in [4.78, 5) is 9.87. The highest BCUT2D eigenvalue weighted by atomic mass is 35.5. The van der Waals surface area contributed by atoms with E-state index in [0.29, 0.717) is 15.7 Å². The maximum absolute atomic E-state index is 13.2. The fourth-order valence-corrected chi connectivity index (χ4v) is 2.29. The number of thiocarbonyl (C=S) groups is 1. The van der Waals surface area contributed by atoms with E-state index >= 15 is 0 Å². The fourth-order valence-electron chi connectivity index (χ4n) is 1.61. The number of anilines is 2. The Bertz CT molecular complexity index is 758. The lowest BCUT2D eigenvalue weighted by Crippen LogP contribution is -2.19. The number of nitrogens with one attached hydrogen (secondary N) is 2. The summed E-state index contributed by atoms with van der Waals surface area (Å²) in [7, 11) is 0. The Morgan fingerprint density at radius 2 is 1.91 bits per heavy atom. The normalized spacial score (nSPS) is 10.1. The van der Waals surface area contributed by atoms with Gasteiger partial charge in [-0.1, -0.05) is 23.2 Å². The first-order chi connectivity index (χ1) is 10.4. The number of nitro benzene ring substituents is 1. The predicted molar refractivity (Wildman–Crippen MR) is 89.4 cm³/mol. The average molecular weight is 360 g/mol. The van der Waals surface area contributed by atoms with Crippen molar-refractivity contribution in [2.24, 2.45) is 0 Å². The van der Waals surface area contributed by atoms with Crippen LogP contribution in [0.4, 0.5) is 21.5 Å². The molecule has 0 aliphatic rings. The maximum Gasteiger partial charge on any atom is 0.306 e. The Labute approximate surface area is 140 Å². The molecular weight excluding hydrogens is 352 g/mol. The minimum absolute atomic E-state index is 0.144. The molecule has 0 bridgehead atoms. The summed E-state index contributed by atoms with van der Waals surface area (Å²) in [5, 5.41) is 17.2. The van der Waals surface area contributed by atoms with Crippen molar-refractivity contribution in [3.63, 3.8) is 0 Å². The Morgan fingerprint density at radius 1 is 1.18 bits per heavy atom.